The molecule has 0 radical (unpaired) electrons. The van der Waals surface area contributed by atoms with Gasteiger partial charge in [-0.05, 0) is 48.5 Å². The van der Waals surface area contributed by atoms with Crippen molar-refractivity contribution in [1.82, 2.24) is 23.7 Å². The van der Waals surface area contributed by atoms with Crippen LogP contribution >= 0.6 is 11.3 Å². The smallest absolute Gasteiger partial charge is 0.159 e. The lowest BCUT2D eigenvalue weighted by Gasteiger charge is -2.11. The van der Waals surface area contributed by atoms with E-state index < -0.39 is 0 Å². The quantitative estimate of drug-likeness (QED) is 0.186. The Balaban J connectivity index is 1.38. The highest BCUT2D eigenvalue weighted by molar-refractivity contribution is 7.27. The lowest BCUT2D eigenvalue weighted by Crippen LogP contribution is -1.98. The average molecular weight is 682 g/mol. The molecular formula is C46H27N5S. The van der Waals surface area contributed by atoms with E-state index in [1.807, 2.05) is 11.3 Å². The van der Waals surface area contributed by atoms with E-state index in [4.69, 9.17) is 9.97 Å². The molecule has 0 fully saturated rings. The first kappa shape index (κ1) is 28.0. The van der Waals surface area contributed by atoms with Crippen LogP contribution in [0.15, 0.2) is 164 Å². The molecule has 0 spiro atoms. The zero-order valence-corrected chi connectivity index (χ0v) is 28.5. The first-order valence-corrected chi connectivity index (χ1v) is 18.3. The van der Waals surface area contributed by atoms with Gasteiger partial charge in [0.25, 0.3) is 0 Å². The summed E-state index contributed by atoms with van der Waals surface area (Å²) in [5.41, 5.74) is 10.2. The Morgan fingerprint density at radius 3 is 1.37 bits per heavy atom. The molecule has 5 aromatic heterocycles. The summed E-state index contributed by atoms with van der Waals surface area (Å²) in [5.74, 6) is 0.902. The van der Waals surface area contributed by atoms with Crippen LogP contribution in [0, 0.1) is 0 Å². The molecule has 0 N–H and O–H groups in total. The summed E-state index contributed by atoms with van der Waals surface area (Å²) in [6.07, 6.45) is 1.76. The third kappa shape index (κ3) is 3.56. The third-order valence-corrected chi connectivity index (χ3v) is 11.9. The molecule has 242 valence electrons. The van der Waals surface area contributed by atoms with Crippen LogP contribution in [0.1, 0.15) is 0 Å². The maximum atomic E-state index is 5.17. The van der Waals surface area contributed by atoms with Crippen molar-refractivity contribution in [2.24, 2.45) is 0 Å². The maximum Gasteiger partial charge on any atom is 0.159 e. The molecule has 52 heavy (non-hydrogen) atoms. The third-order valence-electron chi connectivity index (χ3n) is 10.7. The largest absolute Gasteiger partial charge is 0.308 e. The van der Waals surface area contributed by atoms with Gasteiger partial charge in [0.2, 0.25) is 0 Å². The van der Waals surface area contributed by atoms with E-state index in [2.05, 4.69) is 171 Å². The van der Waals surface area contributed by atoms with Gasteiger partial charge in [-0.3, -0.25) is 4.57 Å². The summed E-state index contributed by atoms with van der Waals surface area (Å²) in [7, 11) is 0. The van der Waals surface area contributed by atoms with E-state index in [1.165, 1.54) is 53.6 Å². The van der Waals surface area contributed by atoms with E-state index in [1.54, 1.807) is 6.33 Å². The molecule has 5 nitrogen and oxygen atoms in total. The highest BCUT2D eigenvalue weighted by atomic mass is 32.1. The molecule has 6 heteroatoms. The summed E-state index contributed by atoms with van der Waals surface area (Å²) >= 11 is 1.81. The predicted octanol–water partition coefficient (Wildman–Crippen LogP) is 12.1. The monoisotopic (exact) mass is 681 g/mol. The fourth-order valence-electron chi connectivity index (χ4n) is 8.72. The topological polar surface area (TPSA) is 40.6 Å². The maximum absolute atomic E-state index is 5.17. The number of rotatable bonds is 3. The van der Waals surface area contributed by atoms with Gasteiger partial charge in [-0.25, -0.2) is 9.97 Å². The molecule has 0 bridgehead atoms. The fourth-order valence-corrected chi connectivity index (χ4v) is 10.0. The van der Waals surface area contributed by atoms with Gasteiger partial charge >= 0.3 is 0 Å². The second-order valence-electron chi connectivity index (χ2n) is 13.4. The van der Waals surface area contributed by atoms with Crippen LogP contribution in [0.2, 0.25) is 0 Å². The Morgan fingerprint density at radius 2 is 0.808 bits per heavy atom. The van der Waals surface area contributed by atoms with E-state index in [-0.39, 0.29) is 0 Å². The summed E-state index contributed by atoms with van der Waals surface area (Å²) in [5, 5.41) is 8.49. The SMILES string of the molecule is c1ccc(-n2c3ccccc3c3c4sc5c(-n6c7ccccc7c7ccccc76)ncnc5c4c4c(c5ccccc5n4-c4ccccc4)c32)cc1. The van der Waals surface area contributed by atoms with Gasteiger partial charge in [-0.15, -0.1) is 11.3 Å². The summed E-state index contributed by atoms with van der Waals surface area (Å²) in [6.45, 7) is 0. The van der Waals surface area contributed by atoms with Crippen LogP contribution in [0.25, 0.3) is 103 Å². The van der Waals surface area contributed by atoms with Crippen LogP contribution < -0.4 is 0 Å². The number of thiophene rings is 1. The normalized spacial score (nSPS) is 12.2. The molecular weight excluding hydrogens is 655 g/mol. The van der Waals surface area contributed by atoms with Crippen molar-refractivity contribution in [3.63, 3.8) is 0 Å². The second-order valence-corrected chi connectivity index (χ2v) is 14.4. The van der Waals surface area contributed by atoms with E-state index in [9.17, 15) is 0 Å². The lowest BCUT2D eigenvalue weighted by atomic mass is 10.0. The highest BCUT2D eigenvalue weighted by Crippen LogP contribution is 2.51. The van der Waals surface area contributed by atoms with Crippen LogP contribution in [0.4, 0.5) is 0 Å². The Bertz CT molecular complexity index is 3350. The van der Waals surface area contributed by atoms with Crippen molar-refractivity contribution in [3.8, 4) is 17.2 Å². The molecule has 5 heterocycles. The first-order chi connectivity index (χ1) is 25.9. The molecule has 7 aromatic carbocycles. The fraction of sp³-hybridized carbons (Fsp3) is 0. The molecule has 12 rings (SSSR count). The van der Waals surface area contributed by atoms with E-state index in [0.29, 0.717) is 0 Å². The molecule has 0 saturated heterocycles. The zero-order chi connectivity index (χ0) is 33.9. The minimum atomic E-state index is 0.902. The highest BCUT2D eigenvalue weighted by Gasteiger charge is 2.28. The summed E-state index contributed by atoms with van der Waals surface area (Å²) in [4.78, 5) is 10.3. The van der Waals surface area contributed by atoms with E-state index >= 15 is 0 Å². The lowest BCUT2D eigenvalue weighted by molar-refractivity contribution is 1.08. The van der Waals surface area contributed by atoms with Gasteiger partial charge in [-0.1, -0.05) is 109 Å². The first-order valence-electron chi connectivity index (χ1n) is 17.5. The average Bonchev–Trinajstić information content (AvgIpc) is 3.95. The molecule has 0 aliphatic carbocycles. The van der Waals surface area contributed by atoms with Crippen molar-refractivity contribution in [3.05, 3.63) is 164 Å². The van der Waals surface area contributed by atoms with Gasteiger partial charge in [0.15, 0.2) is 5.82 Å². The van der Waals surface area contributed by atoms with Crippen LogP contribution in [-0.4, -0.2) is 23.7 Å². The molecule has 0 unspecified atom stereocenters. The Labute approximate surface area is 300 Å². The van der Waals surface area contributed by atoms with Crippen LogP contribution in [0.5, 0.6) is 0 Å². The standard InChI is InChI=1S/C46H27N5S/c1-3-15-28(16-4-1)49-37-26-14-10-22-33(37)39-42(49)38-32-21-9-13-25-36(32)50(29-17-5-2-6-18-29)43(38)40-41-45(52-44(39)40)46(48-27-47-41)51-34-23-11-7-19-30(34)31-20-8-12-24-35(31)51/h1-27H. The van der Waals surface area contributed by atoms with Crippen LogP contribution in [-0.2, 0) is 0 Å². The van der Waals surface area contributed by atoms with Gasteiger partial charge in [0.05, 0.1) is 43.3 Å². The van der Waals surface area contributed by atoms with Crippen molar-refractivity contribution in [2.45, 2.75) is 0 Å². The number of para-hydroxylation sites is 6. The molecule has 0 amide bonds. The molecule has 0 saturated carbocycles. The van der Waals surface area contributed by atoms with Crippen molar-refractivity contribution < 1.29 is 0 Å². The molecule has 0 aliphatic heterocycles. The van der Waals surface area contributed by atoms with Gasteiger partial charge < -0.3 is 9.13 Å². The number of fused-ring (bicyclic) bond motifs is 15. The second kappa shape index (κ2) is 10.4. The zero-order valence-electron chi connectivity index (χ0n) is 27.7. The van der Waals surface area contributed by atoms with Gasteiger partial charge in [-0.2, -0.15) is 0 Å². The Morgan fingerprint density at radius 1 is 0.365 bits per heavy atom. The number of benzene rings is 7. The predicted molar refractivity (Wildman–Crippen MR) is 218 cm³/mol. The number of aromatic nitrogens is 5. The van der Waals surface area contributed by atoms with Gasteiger partial charge in [0.1, 0.15) is 6.33 Å². The van der Waals surface area contributed by atoms with Gasteiger partial charge in [0, 0.05) is 53.8 Å². The minimum absolute atomic E-state index is 0.902. The Hall–Kier alpha value is -6.76. The van der Waals surface area contributed by atoms with Crippen molar-refractivity contribution in [2.75, 3.05) is 0 Å². The Kier molecular flexibility index (Phi) is 5.59. The molecule has 0 aliphatic rings. The number of nitrogens with zero attached hydrogens (tertiary/aromatic N) is 5. The molecule has 0 atom stereocenters. The van der Waals surface area contributed by atoms with Crippen LogP contribution in [0.3, 0.4) is 0 Å². The summed E-state index contributed by atoms with van der Waals surface area (Å²) < 4.78 is 9.54. The summed E-state index contributed by atoms with van der Waals surface area (Å²) in [6, 6.07) is 56.5. The van der Waals surface area contributed by atoms with Crippen molar-refractivity contribution >= 4 is 97.1 Å². The number of hydrogen-bond donors (Lipinski definition) is 0. The van der Waals surface area contributed by atoms with E-state index in [0.717, 1.165) is 49.3 Å². The molecule has 12 aromatic rings. The minimum Gasteiger partial charge on any atom is -0.308 e. The number of hydrogen-bond acceptors (Lipinski definition) is 3. The van der Waals surface area contributed by atoms with Crippen molar-refractivity contribution in [1.29, 1.82) is 0 Å².